The molecule has 0 nitrogen and oxygen atoms in total. The van der Waals surface area contributed by atoms with Gasteiger partial charge in [0.25, 0.3) is 0 Å². The fourth-order valence-corrected chi connectivity index (χ4v) is 2.73. The zero-order chi connectivity index (χ0) is 12.9. The van der Waals surface area contributed by atoms with Crippen LogP contribution in [0.25, 0.3) is 11.1 Å². The molecule has 91 valence electrons. The summed E-state index contributed by atoms with van der Waals surface area (Å²) in [5.74, 6) is 0. The second kappa shape index (κ2) is 3.71. The molecule has 0 atom stereocenters. The van der Waals surface area contributed by atoms with Crippen LogP contribution in [0, 0.1) is 13.0 Å². The van der Waals surface area contributed by atoms with Crippen LogP contribution in [0.3, 0.4) is 0 Å². The second-order valence-corrected chi connectivity index (χ2v) is 6.29. The lowest BCUT2D eigenvalue weighted by molar-refractivity contribution is 0.588. The van der Waals surface area contributed by atoms with E-state index in [-0.39, 0.29) is 5.41 Å². The molecule has 1 radical (unpaired) electrons. The van der Waals surface area contributed by atoms with Crippen LogP contribution >= 0.6 is 0 Å². The van der Waals surface area contributed by atoms with Crippen molar-refractivity contribution >= 4 is 0 Å². The van der Waals surface area contributed by atoms with E-state index in [1.54, 1.807) is 0 Å². The molecule has 0 amide bonds. The Balaban J connectivity index is 2.15. The lowest BCUT2D eigenvalue weighted by Gasteiger charge is -2.19. The molecular formula is C18H19. The van der Waals surface area contributed by atoms with E-state index in [0.29, 0.717) is 0 Å². The molecule has 0 fully saturated rings. The van der Waals surface area contributed by atoms with Crippen LogP contribution in [-0.2, 0) is 11.8 Å². The molecule has 0 aromatic heterocycles. The van der Waals surface area contributed by atoms with E-state index in [1.807, 2.05) is 0 Å². The van der Waals surface area contributed by atoms with Gasteiger partial charge in [0.2, 0.25) is 0 Å². The molecule has 0 bridgehead atoms. The topological polar surface area (TPSA) is 0 Å². The van der Waals surface area contributed by atoms with Gasteiger partial charge in [0.15, 0.2) is 0 Å². The molecule has 1 aliphatic carbocycles. The van der Waals surface area contributed by atoms with Crippen molar-refractivity contribution in [3.05, 3.63) is 58.7 Å². The summed E-state index contributed by atoms with van der Waals surface area (Å²) in [5.41, 5.74) is 8.52. The van der Waals surface area contributed by atoms with Gasteiger partial charge in [0.05, 0.1) is 0 Å². The Morgan fingerprint density at radius 2 is 1.78 bits per heavy atom. The summed E-state index contributed by atoms with van der Waals surface area (Å²) < 4.78 is 0. The first-order valence-electron chi connectivity index (χ1n) is 6.61. The summed E-state index contributed by atoms with van der Waals surface area (Å²) in [5, 5.41) is 0. The van der Waals surface area contributed by atoms with Gasteiger partial charge in [-0.3, -0.25) is 0 Å². The first-order valence-corrected chi connectivity index (χ1v) is 6.61. The molecule has 2 aromatic rings. The minimum atomic E-state index is 0.179. The maximum Gasteiger partial charge on any atom is -0.000455 e. The molecule has 1 aliphatic rings. The van der Waals surface area contributed by atoms with E-state index in [0.717, 1.165) is 6.42 Å². The average Bonchev–Trinajstić information content (AvgIpc) is 2.67. The molecule has 18 heavy (non-hydrogen) atoms. The van der Waals surface area contributed by atoms with E-state index >= 15 is 0 Å². The Hall–Kier alpha value is -1.56. The highest BCUT2D eigenvalue weighted by atomic mass is 14.3. The Kier molecular flexibility index (Phi) is 2.38. The molecule has 0 spiro atoms. The third-order valence-corrected chi connectivity index (χ3v) is 3.89. The van der Waals surface area contributed by atoms with Gasteiger partial charge in [-0.05, 0) is 58.2 Å². The molecule has 2 aromatic carbocycles. The van der Waals surface area contributed by atoms with Crippen molar-refractivity contribution in [3.63, 3.8) is 0 Å². The molecule has 3 rings (SSSR count). The zero-order valence-corrected chi connectivity index (χ0v) is 11.6. The predicted molar refractivity (Wildman–Crippen MR) is 77.0 cm³/mol. The van der Waals surface area contributed by atoms with E-state index < -0.39 is 0 Å². The van der Waals surface area contributed by atoms with Crippen LogP contribution < -0.4 is 0 Å². The fourth-order valence-electron chi connectivity index (χ4n) is 2.73. The SMILES string of the molecule is Cc1cccc2c1Cc1[c]c(C(C)(C)C)ccc1-2. The van der Waals surface area contributed by atoms with Crippen LogP contribution in [0.2, 0.25) is 0 Å². The lowest BCUT2D eigenvalue weighted by Crippen LogP contribution is -2.11. The highest BCUT2D eigenvalue weighted by Crippen LogP contribution is 2.39. The van der Waals surface area contributed by atoms with E-state index in [9.17, 15) is 0 Å². The van der Waals surface area contributed by atoms with Gasteiger partial charge in [-0.1, -0.05) is 51.1 Å². The van der Waals surface area contributed by atoms with Gasteiger partial charge in [-0.15, -0.1) is 0 Å². The number of benzene rings is 2. The fraction of sp³-hybridized carbons (Fsp3) is 0.333. The van der Waals surface area contributed by atoms with Crippen molar-refractivity contribution in [1.82, 2.24) is 0 Å². The summed E-state index contributed by atoms with van der Waals surface area (Å²) in [7, 11) is 0. The van der Waals surface area contributed by atoms with Crippen LogP contribution in [0.1, 0.15) is 43.0 Å². The van der Waals surface area contributed by atoms with Crippen LogP contribution in [-0.4, -0.2) is 0 Å². The second-order valence-electron chi connectivity index (χ2n) is 6.29. The van der Waals surface area contributed by atoms with Gasteiger partial charge < -0.3 is 0 Å². The summed E-state index contributed by atoms with van der Waals surface area (Å²) >= 11 is 0. The highest BCUT2D eigenvalue weighted by molar-refractivity contribution is 5.78. The van der Waals surface area contributed by atoms with Gasteiger partial charge in [-0.25, -0.2) is 0 Å². The molecule has 0 unspecified atom stereocenters. The predicted octanol–water partition coefficient (Wildman–Crippen LogP) is 4.66. The van der Waals surface area contributed by atoms with Gasteiger partial charge in [0.1, 0.15) is 0 Å². The maximum atomic E-state index is 3.64. The van der Waals surface area contributed by atoms with Crippen LogP contribution in [0.15, 0.2) is 30.3 Å². The van der Waals surface area contributed by atoms with Crippen molar-refractivity contribution in [2.45, 2.75) is 39.5 Å². The molecule has 0 N–H and O–H groups in total. The normalized spacial score (nSPS) is 13.3. The quantitative estimate of drug-likeness (QED) is 0.531. The molecule has 0 aliphatic heterocycles. The third-order valence-electron chi connectivity index (χ3n) is 3.89. The Morgan fingerprint density at radius 1 is 1.00 bits per heavy atom. The molecule has 0 saturated heterocycles. The van der Waals surface area contributed by atoms with E-state index in [2.05, 4.69) is 64.1 Å². The lowest BCUT2D eigenvalue weighted by atomic mass is 9.85. The number of aryl methyl sites for hydroxylation is 1. The standard InChI is InChI=1S/C18H19/c1-12-6-5-7-16-15-9-8-14(18(2,3)4)10-13(15)11-17(12)16/h5-9H,11H2,1-4H3. The third kappa shape index (κ3) is 1.68. The number of hydrogen-bond acceptors (Lipinski definition) is 0. The zero-order valence-electron chi connectivity index (χ0n) is 11.6. The summed E-state index contributed by atoms with van der Waals surface area (Å²) in [6, 6.07) is 14.7. The summed E-state index contributed by atoms with van der Waals surface area (Å²) in [6.07, 6.45) is 1.04. The van der Waals surface area contributed by atoms with Gasteiger partial charge in [0, 0.05) is 0 Å². The van der Waals surface area contributed by atoms with Crippen molar-refractivity contribution in [1.29, 1.82) is 0 Å². The monoisotopic (exact) mass is 235 g/mol. The van der Waals surface area contributed by atoms with Crippen molar-refractivity contribution < 1.29 is 0 Å². The van der Waals surface area contributed by atoms with Crippen molar-refractivity contribution in [3.8, 4) is 11.1 Å². The van der Waals surface area contributed by atoms with Crippen LogP contribution in [0.4, 0.5) is 0 Å². The highest BCUT2D eigenvalue weighted by Gasteiger charge is 2.22. The molecule has 0 heterocycles. The smallest absolute Gasteiger partial charge is 0.000455 e. The van der Waals surface area contributed by atoms with E-state index in [1.165, 1.54) is 33.4 Å². The Labute approximate surface area is 110 Å². The van der Waals surface area contributed by atoms with Gasteiger partial charge in [-0.2, -0.15) is 0 Å². The van der Waals surface area contributed by atoms with Crippen molar-refractivity contribution in [2.75, 3.05) is 0 Å². The first kappa shape index (κ1) is 11.5. The first-order chi connectivity index (χ1) is 8.47. The summed E-state index contributed by atoms with van der Waals surface area (Å²) in [4.78, 5) is 0. The number of fused-ring (bicyclic) bond motifs is 3. The number of rotatable bonds is 0. The number of hydrogen-bond donors (Lipinski definition) is 0. The molecule has 0 heteroatoms. The Bertz CT molecular complexity index is 612. The Morgan fingerprint density at radius 3 is 2.50 bits per heavy atom. The molecular weight excluding hydrogens is 216 g/mol. The summed E-state index contributed by atoms with van der Waals surface area (Å²) in [6.45, 7) is 8.95. The molecule has 0 saturated carbocycles. The van der Waals surface area contributed by atoms with E-state index in [4.69, 9.17) is 0 Å². The average molecular weight is 235 g/mol. The van der Waals surface area contributed by atoms with Gasteiger partial charge >= 0.3 is 0 Å². The minimum Gasteiger partial charge on any atom is -0.0614 e. The minimum absolute atomic E-state index is 0.179. The van der Waals surface area contributed by atoms with Crippen LogP contribution in [0.5, 0.6) is 0 Å². The van der Waals surface area contributed by atoms with Crippen molar-refractivity contribution in [2.24, 2.45) is 0 Å². The maximum absolute atomic E-state index is 3.64. The largest absolute Gasteiger partial charge is 0.0614 e.